The third-order valence-electron chi connectivity index (χ3n) is 4.19. The van der Waals surface area contributed by atoms with E-state index in [1.807, 2.05) is 6.07 Å². The monoisotopic (exact) mass is 490 g/mol. The van der Waals surface area contributed by atoms with E-state index in [1.54, 1.807) is 42.7 Å². The maximum atomic E-state index is 11.3. The molecule has 0 aliphatic heterocycles. The fourth-order valence-electron chi connectivity index (χ4n) is 3.01. The highest BCUT2D eigenvalue weighted by atomic mass is 32.2. The number of aromatic hydroxyl groups is 1. The highest BCUT2D eigenvalue weighted by molar-refractivity contribution is 7.92. The maximum absolute atomic E-state index is 11.3. The van der Waals surface area contributed by atoms with Crippen LogP contribution in [0.3, 0.4) is 0 Å². The van der Waals surface area contributed by atoms with Crippen molar-refractivity contribution in [1.82, 2.24) is 9.97 Å². The summed E-state index contributed by atoms with van der Waals surface area (Å²) in [4.78, 5) is 8.23. The molecule has 174 valence electrons. The lowest BCUT2D eigenvalue weighted by Crippen LogP contribution is -2.10. The first-order valence-electron chi connectivity index (χ1n) is 9.41. The molecule has 0 fully saturated rings. The van der Waals surface area contributed by atoms with Crippen LogP contribution in [0.2, 0.25) is 0 Å². The molecule has 0 bridgehead atoms. The Balaban J connectivity index is 0.000000186. The molecule has 3 N–H and O–H groups in total. The van der Waals surface area contributed by atoms with Crippen LogP contribution in [0.25, 0.3) is 21.8 Å². The van der Waals surface area contributed by atoms with Crippen LogP contribution in [-0.2, 0) is 20.0 Å². The van der Waals surface area contributed by atoms with E-state index in [0.29, 0.717) is 27.9 Å². The first-order valence-corrected chi connectivity index (χ1v) is 13.2. The SMILES string of the molecule is COc1cc(NS(C)(=O)=O)c2ncccc2c1.CS(=O)(=O)Nc1cc(O)cc2cccnc12. The van der Waals surface area contributed by atoms with E-state index >= 15 is 0 Å². The Labute approximate surface area is 191 Å². The molecule has 0 spiro atoms. The summed E-state index contributed by atoms with van der Waals surface area (Å²) in [5.74, 6) is 0.573. The van der Waals surface area contributed by atoms with E-state index in [-0.39, 0.29) is 11.4 Å². The van der Waals surface area contributed by atoms with Crippen LogP contribution in [0.4, 0.5) is 11.4 Å². The lowest BCUT2D eigenvalue weighted by Gasteiger charge is -2.09. The number of hydrogen-bond donors (Lipinski definition) is 3. The van der Waals surface area contributed by atoms with Crippen LogP contribution in [0.1, 0.15) is 0 Å². The molecule has 2 aromatic heterocycles. The molecular formula is C21H22N4O6S2. The zero-order chi connectivity index (χ0) is 24.2. The number of sulfonamides is 2. The highest BCUT2D eigenvalue weighted by Crippen LogP contribution is 2.28. The Hall–Kier alpha value is -3.64. The standard InChI is InChI=1S/C11H12N2O3S.C10H10N2O3S/c1-16-9-6-8-4-3-5-12-11(8)10(7-9)13-17(2,14)15;1-16(14,15)12-9-6-8(13)5-7-3-2-4-11-10(7)9/h3-7,13H,1-2H3;2-6,12-13H,1H3. The number of nitrogens with one attached hydrogen (secondary N) is 2. The summed E-state index contributed by atoms with van der Waals surface area (Å²) >= 11 is 0. The first kappa shape index (κ1) is 24.0. The third-order valence-corrected chi connectivity index (χ3v) is 5.38. The van der Waals surface area contributed by atoms with Crippen LogP contribution in [0.15, 0.2) is 60.9 Å². The summed E-state index contributed by atoms with van der Waals surface area (Å²) in [5.41, 5.74) is 1.80. The predicted octanol–water partition coefficient (Wildman–Crippen LogP) is 2.93. The largest absolute Gasteiger partial charge is 0.508 e. The van der Waals surface area contributed by atoms with E-state index in [9.17, 15) is 21.9 Å². The molecule has 0 saturated carbocycles. The average molecular weight is 491 g/mol. The van der Waals surface area contributed by atoms with Gasteiger partial charge < -0.3 is 9.84 Å². The third kappa shape index (κ3) is 6.67. The van der Waals surface area contributed by atoms with Gasteiger partial charge in [0.05, 0.1) is 42.0 Å². The van der Waals surface area contributed by atoms with Gasteiger partial charge in [-0.3, -0.25) is 19.4 Å². The Morgan fingerprint density at radius 1 is 0.788 bits per heavy atom. The highest BCUT2D eigenvalue weighted by Gasteiger charge is 2.10. The molecule has 10 nitrogen and oxygen atoms in total. The number of rotatable bonds is 5. The zero-order valence-electron chi connectivity index (χ0n) is 18.0. The number of ether oxygens (including phenoxy) is 1. The smallest absolute Gasteiger partial charge is 0.229 e. The summed E-state index contributed by atoms with van der Waals surface area (Å²) in [6.07, 6.45) is 5.32. The molecule has 0 radical (unpaired) electrons. The number of fused-ring (bicyclic) bond motifs is 2. The lowest BCUT2D eigenvalue weighted by atomic mass is 10.2. The summed E-state index contributed by atoms with van der Waals surface area (Å²) in [5, 5.41) is 10.9. The Kier molecular flexibility index (Phi) is 6.89. The van der Waals surface area contributed by atoms with Gasteiger partial charge in [-0.25, -0.2) is 16.8 Å². The molecule has 4 aromatic rings. The quantitative estimate of drug-likeness (QED) is 0.387. The summed E-state index contributed by atoms with van der Waals surface area (Å²) in [6, 6.07) is 13.4. The number of phenolic OH excluding ortho intramolecular Hbond substituents is 1. The van der Waals surface area contributed by atoms with Crippen molar-refractivity contribution < 1.29 is 26.7 Å². The summed E-state index contributed by atoms with van der Waals surface area (Å²) in [6.45, 7) is 0. The van der Waals surface area contributed by atoms with E-state index in [4.69, 9.17) is 4.74 Å². The average Bonchev–Trinajstić information content (AvgIpc) is 2.72. The molecular weight excluding hydrogens is 468 g/mol. The number of hydrogen-bond acceptors (Lipinski definition) is 8. The van der Waals surface area contributed by atoms with Crippen molar-refractivity contribution >= 4 is 53.2 Å². The lowest BCUT2D eigenvalue weighted by molar-refractivity contribution is 0.415. The van der Waals surface area contributed by atoms with Crippen molar-refractivity contribution in [3.05, 3.63) is 60.9 Å². The molecule has 0 saturated heterocycles. The van der Waals surface area contributed by atoms with Gasteiger partial charge >= 0.3 is 0 Å². The van der Waals surface area contributed by atoms with Gasteiger partial charge in [0, 0.05) is 35.3 Å². The van der Waals surface area contributed by atoms with Gasteiger partial charge in [-0.15, -0.1) is 0 Å². The van der Waals surface area contributed by atoms with E-state index in [0.717, 1.165) is 17.9 Å². The van der Waals surface area contributed by atoms with Crippen molar-refractivity contribution in [3.63, 3.8) is 0 Å². The van der Waals surface area contributed by atoms with Crippen LogP contribution in [0.5, 0.6) is 11.5 Å². The van der Waals surface area contributed by atoms with Gasteiger partial charge in [0.2, 0.25) is 20.0 Å². The molecule has 0 amide bonds. The topological polar surface area (TPSA) is 148 Å². The van der Waals surface area contributed by atoms with E-state index in [1.165, 1.54) is 19.2 Å². The zero-order valence-corrected chi connectivity index (χ0v) is 19.6. The summed E-state index contributed by atoms with van der Waals surface area (Å²) < 4.78 is 54.7. The minimum absolute atomic E-state index is 0.00773. The van der Waals surface area contributed by atoms with E-state index < -0.39 is 20.0 Å². The van der Waals surface area contributed by atoms with Gasteiger partial charge in [0.1, 0.15) is 11.5 Å². The number of aromatic nitrogens is 2. The Bertz CT molecular complexity index is 1520. The molecule has 0 atom stereocenters. The van der Waals surface area contributed by atoms with Gasteiger partial charge in [0.25, 0.3) is 0 Å². The number of methoxy groups -OCH3 is 1. The summed E-state index contributed by atoms with van der Waals surface area (Å²) in [7, 11) is -5.20. The van der Waals surface area contributed by atoms with Crippen LogP contribution < -0.4 is 14.2 Å². The van der Waals surface area contributed by atoms with Gasteiger partial charge in [0.15, 0.2) is 0 Å². The molecule has 0 aliphatic rings. The van der Waals surface area contributed by atoms with Crippen LogP contribution in [-0.4, -0.2) is 51.5 Å². The van der Waals surface area contributed by atoms with Crippen LogP contribution in [0, 0.1) is 0 Å². The number of phenols is 1. The molecule has 33 heavy (non-hydrogen) atoms. The second kappa shape index (κ2) is 9.46. The van der Waals surface area contributed by atoms with Gasteiger partial charge in [-0.05, 0) is 24.3 Å². The fourth-order valence-corrected chi connectivity index (χ4v) is 4.12. The second-order valence-electron chi connectivity index (χ2n) is 7.07. The predicted molar refractivity (Wildman–Crippen MR) is 129 cm³/mol. The molecule has 2 aromatic carbocycles. The Morgan fingerprint density at radius 3 is 1.76 bits per heavy atom. The van der Waals surface area contributed by atoms with Gasteiger partial charge in [-0.2, -0.15) is 0 Å². The number of anilines is 2. The molecule has 12 heteroatoms. The van der Waals surface area contributed by atoms with Crippen molar-refractivity contribution in [2.24, 2.45) is 0 Å². The molecule has 0 aliphatic carbocycles. The van der Waals surface area contributed by atoms with Crippen LogP contribution >= 0.6 is 0 Å². The molecule has 0 unspecified atom stereocenters. The second-order valence-corrected chi connectivity index (χ2v) is 10.6. The van der Waals surface area contributed by atoms with Crippen molar-refractivity contribution in [1.29, 1.82) is 0 Å². The fraction of sp³-hybridized carbons (Fsp3) is 0.143. The first-order chi connectivity index (χ1) is 15.4. The Morgan fingerprint density at radius 2 is 1.27 bits per heavy atom. The van der Waals surface area contributed by atoms with Crippen molar-refractivity contribution in [2.45, 2.75) is 0 Å². The molecule has 4 rings (SSSR count). The number of benzene rings is 2. The minimum Gasteiger partial charge on any atom is -0.508 e. The van der Waals surface area contributed by atoms with Gasteiger partial charge in [-0.1, -0.05) is 12.1 Å². The molecule has 2 heterocycles. The van der Waals surface area contributed by atoms with Crippen molar-refractivity contribution in [2.75, 3.05) is 29.1 Å². The minimum atomic E-state index is -3.39. The van der Waals surface area contributed by atoms with E-state index in [2.05, 4.69) is 19.4 Å². The normalized spacial score (nSPS) is 11.5. The number of nitrogens with zero attached hydrogens (tertiary/aromatic N) is 2. The van der Waals surface area contributed by atoms with Crippen molar-refractivity contribution in [3.8, 4) is 11.5 Å². The number of pyridine rings is 2. The maximum Gasteiger partial charge on any atom is 0.229 e.